The quantitative estimate of drug-likeness (QED) is 0.611. The SMILES string of the molecule is COc1ccccc1OCCOc1c(N)cc(Cl)cc1Br. The Morgan fingerprint density at radius 2 is 1.76 bits per heavy atom. The van der Waals surface area contributed by atoms with Crippen molar-refractivity contribution in [3.05, 3.63) is 45.9 Å². The van der Waals surface area contributed by atoms with Crippen LogP contribution in [0.15, 0.2) is 40.9 Å². The molecular formula is C15H15BrClNO3. The molecule has 2 rings (SSSR count). The Hall–Kier alpha value is -1.59. The second-order valence-electron chi connectivity index (χ2n) is 4.15. The fourth-order valence-corrected chi connectivity index (χ4v) is 2.71. The first-order valence-corrected chi connectivity index (χ1v) is 7.42. The van der Waals surface area contributed by atoms with E-state index in [9.17, 15) is 0 Å². The standard InChI is InChI=1S/C15H15BrClNO3/c1-19-13-4-2-3-5-14(13)20-6-7-21-15-11(16)8-10(17)9-12(15)18/h2-5,8-9H,6-7,18H2,1H3. The van der Waals surface area contributed by atoms with Crippen molar-refractivity contribution in [3.63, 3.8) is 0 Å². The molecule has 0 aliphatic heterocycles. The van der Waals surface area contributed by atoms with Crippen LogP contribution in [0.25, 0.3) is 0 Å². The van der Waals surface area contributed by atoms with Crippen molar-refractivity contribution in [1.82, 2.24) is 0 Å². The van der Waals surface area contributed by atoms with Gasteiger partial charge in [0.1, 0.15) is 13.2 Å². The Kier molecular flexibility index (Phi) is 5.59. The van der Waals surface area contributed by atoms with Gasteiger partial charge in [-0.05, 0) is 40.2 Å². The van der Waals surface area contributed by atoms with Crippen LogP contribution in [0.2, 0.25) is 5.02 Å². The van der Waals surface area contributed by atoms with Crippen LogP contribution in [-0.2, 0) is 0 Å². The number of nitrogen functional groups attached to an aromatic ring is 1. The second kappa shape index (κ2) is 7.43. The molecule has 0 fully saturated rings. The van der Waals surface area contributed by atoms with E-state index >= 15 is 0 Å². The highest BCUT2D eigenvalue weighted by Gasteiger charge is 2.08. The van der Waals surface area contributed by atoms with E-state index in [2.05, 4.69) is 15.9 Å². The first-order chi connectivity index (χ1) is 10.1. The highest BCUT2D eigenvalue weighted by atomic mass is 79.9. The van der Waals surface area contributed by atoms with E-state index in [0.29, 0.717) is 45.6 Å². The van der Waals surface area contributed by atoms with Crippen LogP contribution in [-0.4, -0.2) is 20.3 Å². The molecule has 0 aliphatic rings. The number of rotatable bonds is 6. The highest BCUT2D eigenvalue weighted by Crippen LogP contribution is 2.34. The van der Waals surface area contributed by atoms with Gasteiger partial charge in [-0.2, -0.15) is 0 Å². The predicted molar refractivity (Wildman–Crippen MR) is 87.5 cm³/mol. The van der Waals surface area contributed by atoms with Crippen molar-refractivity contribution in [3.8, 4) is 17.2 Å². The summed E-state index contributed by atoms with van der Waals surface area (Å²) in [6.45, 7) is 0.720. The fraction of sp³-hybridized carbons (Fsp3) is 0.200. The van der Waals surface area contributed by atoms with Crippen molar-refractivity contribution in [2.75, 3.05) is 26.1 Å². The van der Waals surface area contributed by atoms with E-state index in [1.54, 1.807) is 19.2 Å². The van der Waals surface area contributed by atoms with Crippen molar-refractivity contribution >= 4 is 33.2 Å². The van der Waals surface area contributed by atoms with Gasteiger partial charge in [0.15, 0.2) is 17.2 Å². The molecule has 0 spiro atoms. The smallest absolute Gasteiger partial charge is 0.161 e. The van der Waals surface area contributed by atoms with Crippen molar-refractivity contribution in [2.45, 2.75) is 0 Å². The summed E-state index contributed by atoms with van der Waals surface area (Å²) in [6.07, 6.45) is 0. The molecule has 0 atom stereocenters. The Morgan fingerprint density at radius 1 is 1.10 bits per heavy atom. The summed E-state index contributed by atoms with van der Waals surface area (Å²) in [5, 5.41) is 0.553. The van der Waals surface area contributed by atoms with Gasteiger partial charge in [-0.3, -0.25) is 0 Å². The maximum Gasteiger partial charge on any atom is 0.161 e. The second-order valence-corrected chi connectivity index (χ2v) is 5.44. The number of methoxy groups -OCH3 is 1. The number of benzene rings is 2. The van der Waals surface area contributed by atoms with Crippen LogP contribution in [0, 0.1) is 0 Å². The number of hydrogen-bond donors (Lipinski definition) is 1. The van der Waals surface area contributed by atoms with Gasteiger partial charge in [0.2, 0.25) is 0 Å². The molecule has 0 bridgehead atoms. The van der Waals surface area contributed by atoms with Gasteiger partial charge in [-0.15, -0.1) is 0 Å². The molecule has 0 unspecified atom stereocenters. The zero-order valence-electron chi connectivity index (χ0n) is 11.4. The van der Waals surface area contributed by atoms with Gasteiger partial charge >= 0.3 is 0 Å². The Labute approximate surface area is 136 Å². The number of anilines is 1. The lowest BCUT2D eigenvalue weighted by Crippen LogP contribution is -2.10. The number of hydrogen-bond acceptors (Lipinski definition) is 4. The van der Waals surface area contributed by atoms with Gasteiger partial charge in [-0.25, -0.2) is 0 Å². The third-order valence-electron chi connectivity index (χ3n) is 2.69. The third-order valence-corrected chi connectivity index (χ3v) is 3.50. The zero-order valence-corrected chi connectivity index (χ0v) is 13.8. The van der Waals surface area contributed by atoms with E-state index in [0.717, 1.165) is 0 Å². The van der Waals surface area contributed by atoms with E-state index in [1.807, 2.05) is 24.3 Å². The largest absolute Gasteiger partial charge is 0.493 e. The molecule has 4 nitrogen and oxygen atoms in total. The molecule has 2 aromatic carbocycles. The summed E-state index contributed by atoms with van der Waals surface area (Å²) in [7, 11) is 1.60. The summed E-state index contributed by atoms with van der Waals surface area (Å²) in [6, 6.07) is 10.8. The minimum absolute atomic E-state index is 0.350. The molecule has 0 amide bonds. The first-order valence-electron chi connectivity index (χ1n) is 6.25. The van der Waals surface area contributed by atoms with Crippen LogP contribution < -0.4 is 19.9 Å². The molecule has 0 aromatic heterocycles. The summed E-state index contributed by atoms with van der Waals surface area (Å²) in [4.78, 5) is 0. The van der Waals surface area contributed by atoms with Gasteiger partial charge in [0, 0.05) is 5.02 Å². The number of halogens is 2. The minimum Gasteiger partial charge on any atom is -0.493 e. The topological polar surface area (TPSA) is 53.7 Å². The third kappa shape index (κ3) is 4.19. The molecule has 2 aromatic rings. The Balaban J connectivity index is 1.91. The maximum atomic E-state index is 5.89. The van der Waals surface area contributed by atoms with E-state index < -0.39 is 0 Å². The number of nitrogens with two attached hydrogens (primary N) is 1. The average molecular weight is 373 g/mol. The maximum absolute atomic E-state index is 5.89. The van der Waals surface area contributed by atoms with Crippen LogP contribution >= 0.6 is 27.5 Å². The van der Waals surface area contributed by atoms with Crippen LogP contribution in [0.5, 0.6) is 17.2 Å². The fourth-order valence-electron chi connectivity index (χ4n) is 1.77. The molecular weight excluding hydrogens is 358 g/mol. The van der Waals surface area contributed by atoms with E-state index in [1.165, 1.54) is 0 Å². The van der Waals surface area contributed by atoms with Crippen molar-refractivity contribution < 1.29 is 14.2 Å². The molecule has 0 radical (unpaired) electrons. The van der Waals surface area contributed by atoms with Crippen LogP contribution in [0.1, 0.15) is 0 Å². The molecule has 0 saturated carbocycles. The average Bonchev–Trinajstić information content (AvgIpc) is 2.45. The van der Waals surface area contributed by atoms with Gasteiger partial charge < -0.3 is 19.9 Å². The molecule has 0 aliphatic carbocycles. The first kappa shape index (κ1) is 15.8. The Bertz CT molecular complexity index is 599. The lowest BCUT2D eigenvalue weighted by molar-refractivity contribution is 0.211. The molecule has 0 heterocycles. The normalized spacial score (nSPS) is 10.2. The number of ether oxygens (including phenoxy) is 3. The highest BCUT2D eigenvalue weighted by molar-refractivity contribution is 9.10. The predicted octanol–water partition coefficient (Wildman–Crippen LogP) is 4.15. The van der Waals surface area contributed by atoms with Crippen molar-refractivity contribution in [1.29, 1.82) is 0 Å². The molecule has 2 N–H and O–H groups in total. The lowest BCUT2D eigenvalue weighted by atomic mass is 10.3. The Morgan fingerprint density at radius 3 is 2.43 bits per heavy atom. The monoisotopic (exact) mass is 371 g/mol. The van der Waals surface area contributed by atoms with Crippen molar-refractivity contribution in [2.24, 2.45) is 0 Å². The summed E-state index contributed by atoms with van der Waals surface area (Å²) < 4.78 is 17.2. The molecule has 0 saturated heterocycles. The van der Waals surface area contributed by atoms with Gasteiger partial charge in [-0.1, -0.05) is 23.7 Å². The van der Waals surface area contributed by atoms with E-state index in [-0.39, 0.29) is 0 Å². The summed E-state index contributed by atoms with van der Waals surface area (Å²) in [5.41, 5.74) is 6.34. The van der Waals surface area contributed by atoms with Crippen LogP contribution in [0.4, 0.5) is 5.69 Å². The zero-order chi connectivity index (χ0) is 15.2. The molecule has 112 valence electrons. The summed E-state index contributed by atoms with van der Waals surface area (Å²) in [5.74, 6) is 1.92. The lowest BCUT2D eigenvalue weighted by Gasteiger charge is -2.13. The van der Waals surface area contributed by atoms with Gasteiger partial charge in [0.25, 0.3) is 0 Å². The number of para-hydroxylation sites is 2. The minimum atomic E-state index is 0.350. The molecule has 6 heteroatoms. The van der Waals surface area contributed by atoms with Crippen LogP contribution in [0.3, 0.4) is 0 Å². The van der Waals surface area contributed by atoms with E-state index in [4.69, 9.17) is 31.5 Å². The summed E-state index contributed by atoms with van der Waals surface area (Å²) >= 11 is 9.26. The molecule has 21 heavy (non-hydrogen) atoms. The van der Waals surface area contributed by atoms with Gasteiger partial charge in [0.05, 0.1) is 17.3 Å².